The predicted octanol–water partition coefficient (Wildman–Crippen LogP) is 4.89. The Balaban J connectivity index is 2.11. The molecule has 0 atom stereocenters. The third-order valence-corrected chi connectivity index (χ3v) is 4.18. The first-order valence-electron chi connectivity index (χ1n) is 4.47. The maximum atomic E-state index is 3.52. The SMILES string of the molecule is Brc1cccc(Br)c1NCc1cccs1. The van der Waals surface area contributed by atoms with E-state index < -0.39 is 0 Å². The molecule has 0 aliphatic carbocycles. The molecule has 4 heteroatoms. The highest BCUT2D eigenvalue weighted by molar-refractivity contribution is 9.11. The van der Waals surface area contributed by atoms with Crippen LogP contribution in [0.5, 0.6) is 0 Å². The van der Waals surface area contributed by atoms with Gasteiger partial charge in [0.15, 0.2) is 0 Å². The molecule has 0 bridgehead atoms. The quantitative estimate of drug-likeness (QED) is 0.834. The molecule has 0 saturated carbocycles. The highest BCUT2D eigenvalue weighted by Crippen LogP contribution is 2.31. The number of anilines is 1. The summed E-state index contributed by atoms with van der Waals surface area (Å²) in [6.45, 7) is 0.860. The molecule has 0 amide bonds. The first-order valence-corrected chi connectivity index (χ1v) is 6.94. The monoisotopic (exact) mass is 345 g/mol. The maximum Gasteiger partial charge on any atom is 0.0631 e. The van der Waals surface area contributed by atoms with Crippen LogP contribution in [0.25, 0.3) is 0 Å². The van der Waals surface area contributed by atoms with Crippen LogP contribution in [0, 0.1) is 0 Å². The first kappa shape index (κ1) is 11.2. The van der Waals surface area contributed by atoms with Crippen molar-refractivity contribution in [3.63, 3.8) is 0 Å². The fraction of sp³-hybridized carbons (Fsp3) is 0.0909. The second kappa shape index (κ2) is 5.14. The molecule has 0 saturated heterocycles. The summed E-state index contributed by atoms with van der Waals surface area (Å²) >= 11 is 8.81. The van der Waals surface area contributed by atoms with Crippen LogP contribution >= 0.6 is 43.2 Å². The van der Waals surface area contributed by atoms with E-state index >= 15 is 0 Å². The smallest absolute Gasteiger partial charge is 0.0631 e. The number of rotatable bonds is 3. The van der Waals surface area contributed by atoms with Crippen molar-refractivity contribution in [2.45, 2.75) is 6.54 Å². The molecule has 0 unspecified atom stereocenters. The van der Waals surface area contributed by atoms with E-state index in [1.54, 1.807) is 11.3 Å². The second-order valence-electron chi connectivity index (χ2n) is 3.03. The summed E-state index contributed by atoms with van der Waals surface area (Å²) in [5.74, 6) is 0. The predicted molar refractivity (Wildman–Crippen MR) is 73.5 cm³/mol. The topological polar surface area (TPSA) is 12.0 Å². The maximum absolute atomic E-state index is 3.52. The van der Waals surface area contributed by atoms with Crippen LogP contribution in [-0.2, 0) is 6.54 Å². The summed E-state index contributed by atoms with van der Waals surface area (Å²) in [6, 6.07) is 10.3. The van der Waals surface area contributed by atoms with Gasteiger partial charge in [-0.2, -0.15) is 0 Å². The van der Waals surface area contributed by atoms with E-state index in [-0.39, 0.29) is 0 Å². The molecule has 0 spiro atoms. The Kier molecular flexibility index (Phi) is 3.83. The lowest BCUT2D eigenvalue weighted by atomic mass is 10.3. The summed E-state index contributed by atoms with van der Waals surface area (Å²) in [4.78, 5) is 1.33. The van der Waals surface area contributed by atoms with Crippen LogP contribution in [0.1, 0.15) is 4.88 Å². The third-order valence-electron chi connectivity index (χ3n) is 1.98. The van der Waals surface area contributed by atoms with Gasteiger partial charge in [0, 0.05) is 20.4 Å². The van der Waals surface area contributed by atoms with Crippen LogP contribution in [0.4, 0.5) is 5.69 Å². The number of thiophene rings is 1. The van der Waals surface area contributed by atoms with Gasteiger partial charge in [-0.1, -0.05) is 12.1 Å². The van der Waals surface area contributed by atoms with E-state index in [0.717, 1.165) is 21.2 Å². The highest BCUT2D eigenvalue weighted by Gasteiger charge is 2.03. The number of hydrogen-bond acceptors (Lipinski definition) is 2. The van der Waals surface area contributed by atoms with E-state index in [0.29, 0.717) is 0 Å². The van der Waals surface area contributed by atoms with Crippen LogP contribution in [0.2, 0.25) is 0 Å². The normalized spacial score (nSPS) is 10.3. The first-order chi connectivity index (χ1) is 7.27. The minimum Gasteiger partial charge on any atom is -0.378 e. The molecule has 15 heavy (non-hydrogen) atoms. The Morgan fingerprint density at radius 2 is 1.80 bits per heavy atom. The van der Waals surface area contributed by atoms with E-state index in [2.05, 4.69) is 54.7 Å². The van der Waals surface area contributed by atoms with Gasteiger partial charge in [0.2, 0.25) is 0 Å². The molecule has 0 fully saturated rings. The number of halogens is 2. The van der Waals surface area contributed by atoms with Gasteiger partial charge in [0.25, 0.3) is 0 Å². The molecule has 1 heterocycles. The lowest BCUT2D eigenvalue weighted by Gasteiger charge is -2.09. The summed E-state index contributed by atoms with van der Waals surface area (Å²) in [7, 11) is 0. The van der Waals surface area contributed by atoms with Crippen molar-refractivity contribution in [2.24, 2.45) is 0 Å². The molecule has 0 aliphatic heterocycles. The molecule has 0 aliphatic rings. The number of hydrogen-bond donors (Lipinski definition) is 1. The zero-order valence-electron chi connectivity index (χ0n) is 7.84. The van der Waals surface area contributed by atoms with E-state index in [1.807, 2.05) is 18.2 Å². The Labute approximate surface area is 110 Å². The molecular formula is C11H9Br2NS. The highest BCUT2D eigenvalue weighted by atomic mass is 79.9. The Hall–Kier alpha value is -0.320. The van der Waals surface area contributed by atoms with Crippen molar-refractivity contribution in [3.05, 3.63) is 49.5 Å². The van der Waals surface area contributed by atoms with Crippen molar-refractivity contribution in [1.29, 1.82) is 0 Å². The molecule has 1 aromatic heterocycles. The van der Waals surface area contributed by atoms with Gasteiger partial charge in [0.1, 0.15) is 0 Å². The Morgan fingerprint density at radius 3 is 2.40 bits per heavy atom. The Bertz CT molecular complexity index is 420. The summed E-state index contributed by atoms with van der Waals surface area (Å²) < 4.78 is 2.15. The summed E-state index contributed by atoms with van der Waals surface area (Å²) in [5.41, 5.74) is 1.10. The van der Waals surface area contributed by atoms with Crippen molar-refractivity contribution >= 4 is 48.9 Å². The van der Waals surface area contributed by atoms with Crippen molar-refractivity contribution < 1.29 is 0 Å². The fourth-order valence-electron chi connectivity index (χ4n) is 1.26. The molecule has 1 N–H and O–H groups in total. The summed E-state index contributed by atoms with van der Waals surface area (Å²) in [6.07, 6.45) is 0. The van der Waals surface area contributed by atoms with Crippen molar-refractivity contribution in [2.75, 3.05) is 5.32 Å². The molecule has 78 valence electrons. The lowest BCUT2D eigenvalue weighted by molar-refractivity contribution is 1.18. The minimum atomic E-state index is 0.860. The van der Waals surface area contributed by atoms with Crippen LogP contribution in [0.3, 0.4) is 0 Å². The van der Waals surface area contributed by atoms with Gasteiger partial charge in [-0.25, -0.2) is 0 Å². The third kappa shape index (κ3) is 2.83. The molecular weight excluding hydrogens is 338 g/mol. The second-order valence-corrected chi connectivity index (χ2v) is 5.77. The largest absolute Gasteiger partial charge is 0.378 e. The molecule has 1 nitrogen and oxygen atoms in total. The van der Waals surface area contributed by atoms with Crippen LogP contribution in [-0.4, -0.2) is 0 Å². The van der Waals surface area contributed by atoms with Crippen LogP contribution < -0.4 is 5.32 Å². The van der Waals surface area contributed by atoms with E-state index in [4.69, 9.17) is 0 Å². The summed E-state index contributed by atoms with van der Waals surface area (Å²) in [5, 5.41) is 5.49. The van der Waals surface area contributed by atoms with Gasteiger partial charge in [0.05, 0.1) is 5.69 Å². The minimum absolute atomic E-state index is 0.860. The van der Waals surface area contributed by atoms with Gasteiger partial charge < -0.3 is 5.32 Å². The average molecular weight is 347 g/mol. The molecule has 2 rings (SSSR count). The van der Waals surface area contributed by atoms with Crippen molar-refractivity contribution in [3.8, 4) is 0 Å². The van der Waals surface area contributed by atoms with E-state index in [9.17, 15) is 0 Å². The molecule has 0 radical (unpaired) electrons. The van der Waals surface area contributed by atoms with Crippen molar-refractivity contribution in [1.82, 2.24) is 0 Å². The Morgan fingerprint density at radius 1 is 1.07 bits per heavy atom. The lowest BCUT2D eigenvalue weighted by Crippen LogP contribution is -1.98. The number of para-hydroxylation sites is 1. The van der Waals surface area contributed by atoms with Crippen LogP contribution in [0.15, 0.2) is 44.7 Å². The zero-order chi connectivity index (χ0) is 10.7. The number of benzene rings is 1. The number of nitrogens with one attached hydrogen (secondary N) is 1. The van der Waals surface area contributed by atoms with Gasteiger partial charge in [-0.15, -0.1) is 11.3 Å². The average Bonchev–Trinajstić information content (AvgIpc) is 2.70. The zero-order valence-corrected chi connectivity index (χ0v) is 11.8. The molecule has 2 aromatic rings. The molecule has 1 aromatic carbocycles. The standard InChI is InChI=1S/C11H9Br2NS/c12-9-4-1-5-10(13)11(9)14-7-8-3-2-6-15-8/h1-6,14H,7H2. The van der Waals surface area contributed by atoms with E-state index in [1.165, 1.54) is 4.88 Å². The van der Waals surface area contributed by atoms with Gasteiger partial charge in [-0.05, 0) is 55.4 Å². The van der Waals surface area contributed by atoms with Gasteiger partial charge >= 0.3 is 0 Å². The van der Waals surface area contributed by atoms with Gasteiger partial charge in [-0.3, -0.25) is 0 Å². The fourth-order valence-corrected chi connectivity index (χ4v) is 3.18.